The van der Waals surface area contributed by atoms with Crippen LogP contribution in [-0.2, 0) is 0 Å². The lowest BCUT2D eigenvalue weighted by Gasteiger charge is -2.07. The molecule has 88 valence electrons. The maximum atomic E-state index is 11.5. The number of halogens is 2. The van der Waals surface area contributed by atoms with Gasteiger partial charge in [0.2, 0.25) is 0 Å². The maximum absolute atomic E-state index is 11.5. The minimum absolute atomic E-state index is 0.219. The molecule has 0 amide bonds. The number of rotatable bonds is 2. The fraction of sp³-hybridized carbons (Fsp3) is 0. The lowest BCUT2D eigenvalue weighted by Crippen LogP contribution is -1.99. The summed E-state index contributed by atoms with van der Waals surface area (Å²) in [4.78, 5) is 22.8. The number of hydrogen-bond donors (Lipinski definition) is 0. The molecule has 0 aliphatic heterocycles. The van der Waals surface area contributed by atoms with Gasteiger partial charge in [0.15, 0.2) is 0 Å². The first-order valence-electron chi connectivity index (χ1n) is 4.98. The lowest BCUT2D eigenvalue weighted by atomic mass is 9.97. The van der Waals surface area contributed by atoms with Crippen molar-refractivity contribution in [1.29, 1.82) is 0 Å². The summed E-state index contributed by atoms with van der Waals surface area (Å²) in [6.45, 7) is 0. The smallest absolute Gasteiger partial charge is 0.254 e. The molecule has 0 N–H and O–H groups in total. The molecule has 0 fully saturated rings. The van der Waals surface area contributed by atoms with Crippen LogP contribution in [0.3, 0.4) is 0 Å². The van der Waals surface area contributed by atoms with Crippen LogP contribution in [0.15, 0.2) is 30.3 Å². The predicted octanol–water partition coefficient (Wildman–Crippen LogP) is 3.58. The highest BCUT2D eigenvalue weighted by atomic mass is 35.5. The van der Waals surface area contributed by atoms with E-state index in [4.69, 9.17) is 29.6 Å². The second kappa shape index (κ2) is 4.81. The van der Waals surface area contributed by atoms with Crippen LogP contribution in [0, 0.1) is 12.3 Å². The van der Waals surface area contributed by atoms with Crippen molar-refractivity contribution in [2.75, 3.05) is 0 Å². The van der Waals surface area contributed by atoms with E-state index in [0.29, 0.717) is 21.9 Å². The van der Waals surface area contributed by atoms with Crippen molar-refractivity contribution >= 4 is 44.5 Å². The highest BCUT2D eigenvalue weighted by Gasteiger charge is 2.15. The number of hydrogen-bond acceptors (Lipinski definition) is 2. The third-order valence-corrected chi connectivity index (χ3v) is 3.02. The van der Waals surface area contributed by atoms with E-state index in [0.717, 1.165) is 0 Å². The molecule has 0 aliphatic carbocycles. The minimum Gasteiger partial charge on any atom is -0.276 e. The molecule has 18 heavy (non-hydrogen) atoms. The third kappa shape index (κ3) is 1.99. The van der Waals surface area contributed by atoms with Gasteiger partial charge in [-0.15, -0.1) is 6.42 Å². The maximum Gasteiger partial charge on any atom is 0.254 e. The molecule has 0 saturated carbocycles. The van der Waals surface area contributed by atoms with E-state index in [-0.39, 0.29) is 5.56 Å². The van der Waals surface area contributed by atoms with Crippen molar-refractivity contribution in [3.05, 3.63) is 47.0 Å². The van der Waals surface area contributed by atoms with Gasteiger partial charge in [0.1, 0.15) is 0 Å². The molecule has 2 nitrogen and oxygen atoms in total. The molecule has 0 bridgehead atoms. The zero-order valence-electron chi connectivity index (χ0n) is 9.04. The van der Waals surface area contributed by atoms with Gasteiger partial charge in [-0.25, -0.2) is 0 Å². The van der Waals surface area contributed by atoms with Crippen LogP contribution in [0.1, 0.15) is 26.3 Å². The summed E-state index contributed by atoms with van der Waals surface area (Å²) in [7, 11) is 0. The topological polar surface area (TPSA) is 34.1 Å². The molecule has 2 aromatic carbocycles. The number of carbonyl (C=O) groups excluding carboxylic acids is 2. The highest BCUT2D eigenvalue weighted by molar-refractivity contribution is 6.70. The Hall–Kier alpha value is -1.82. The van der Waals surface area contributed by atoms with Crippen LogP contribution in [-0.4, -0.2) is 10.5 Å². The van der Waals surface area contributed by atoms with E-state index in [2.05, 4.69) is 5.92 Å². The van der Waals surface area contributed by atoms with Crippen molar-refractivity contribution in [2.45, 2.75) is 0 Å². The van der Waals surface area contributed by atoms with E-state index in [1.165, 1.54) is 0 Å². The normalized spacial score (nSPS) is 10.1. The Morgan fingerprint density at radius 3 is 2.28 bits per heavy atom. The van der Waals surface area contributed by atoms with Crippen LogP contribution in [0.25, 0.3) is 10.8 Å². The van der Waals surface area contributed by atoms with Crippen LogP contribution in [0.5, 0.6) is 0 Å². The molecule has 0 heterocycles. The number of benzene rings is 2. The SMILES string of the molecule is C#Cc1ccc2c(C(=O)Cl)cccc2c1C(=O)Cl. The zero-order chi connectivity index (χ0) is 13.3. The Bertz CT molecular complexity index is 712. The van der Waals surface area contributed by atoms with Gasteiger partial charge in [0, 0.05) is 11.1 Å². The molecule has 0 saturated heterocycles. The molecule has 0 spiro atoms. The van der Waals surface area contributed by atoms with Crippen LogP contribution in [0.2, 0.25) is 0 Å². The highest BCUT2D eigenvalue weighted by Crippen LogP contribution is 2.27. The molecular weight excluding hydrogens is 271 g/mol. The monoisotopic (exact) mass is 276 g/mol. The standard InChI is InChI=1S/C14H6Cl2O2/c1-2-8-6-7-9-10(12(8)14(16)18)4-3-5-11(9)13(15)17/h1,3-7H. The first kappa shape index (κ1) is 12.6. The summed E-state index contributed by atoms with van der Waals surface area (Å²) in [5.74, 6) is 2.39. The fourth-order valence-electron chi connectivity index (χ4n) is 1.86. The third-order valence-electron chi connectivity index (χ3n) is 2.63. The van der Waals surface area contributed by atoms with E-state index in [1.807, 2.05) is 0 Å². The average molecular weight is 277 g/mol. The average Bonchev–Trinajstić information content (AvgIpc) is 2.35. The fourth-order valence-corrected chi connectivity index (χ4v) is 2.23. The Kier molecular flexibility index (Phi) is 3.38. The minimum atomic E-state index is -0.660. The second-order valence-electron chi connectivity index (χ2n) is 3.58. The molecular formula is C14H6Cl2O2. The van der Waals surface area contributed by atoms with Crippen molar-refractivity contribution in [2.24, 2.45) is 0 Å². The van der Waals surface area contributed by atoms with E-state index >= 15 is 0 Å². The second-order valence-corrected chi connectivity index (χ2v) is 4.27. The molecule has 0 atom stereocenters. The molecule has 4 heteroatoms. The number of carbonyl (C=O) groups is 2. The first-order valence-corrected chi connectivity index (χ1v) is 5.74. The van der Waals surface area contributed by atoms with E-state index in [1.54, 1.807) is 30.3 Å². The molecule has 0 unspecified atom stereocenters. The zero-order valence-corrected chi connectivity index (χ0v) is 10.5. The van der Waals surface area contributed by atoms with Gasteiger partial charge in [-0.2, -0.15) is 0 Å². The number of terminal acetylenes is 1. The molecule has 2 aromatic rings. The summed E-state index contributed by atoms with van der Waals surface area (Å²) in [5.41, 5.74) is 0.926. The quantitative estimate of drug-likeness (QED) is 0.621. The Morgan fingerprint density at radius 2 is 1.72 bits per heavy atom. The van der Waals surface area contributed by atoms with Gasteiger partial charge >= 0.3 is 0 Å². The van der Waals surface area contributed by atoms with Gasteiger partial charge in [-0.05, 0) is 46.1 Å². The van der Waals surface area contributed by atoms with Gasteiger partial charge in [0.25, 0.3) is 10.5 Å². The summed E-state index contributed by atoms with van der Waals surface area (Å²) < 4.78 is 0. The van der Waals surface area contributed by atoms with Gasteiger partial charge in [0.05, 0.1) is 5.56 Å². The number of fused-ring (bicyclic) bond motifs is 1. The molecule has 2 rings (SSSR count). The largest absolute Gasteiger partial charge is 0.276 e. The van der Waals surface area contributed by atoms with Crippen molar-refractivity contribution in [3.63, 3.8) is 0 Å². The predicted molar refractivity (Wildman–Crippen MR) is 72.3 cm³/mol. The summed E-state index contributed by atoms with van der Waals surface area (Å²) in [5, 5.41) is -0.174. The summed E-state index contributed by atoms with van der Waals surface area (Å²) in [6.07, 6.45) is 5.32. The Balaban J connectivity index is 2.96. The van der Waals surface area contributed by atoms with E-state index in [9.17, 15) is 9.59 Å². The van der Waals surface area contributed by atoms with Crippen LogP contribution >= 0.6 is 23.2 Å². The van der Waals surface area contributed by atoms with Gasteiger partial charge in [-0.1, -0.05) is 24.1 Å². The Labute approximate surface area is 114 Å². The van der Waals surface area contributed by atoms with Crippen LogP contribution < -0.4 is 0 Å². The van der Waals surface area contributed by atoms with Crippen LogP contribution in [0.4, 0.5) is 0 Å². The summed E-state index contributed by atoms with van der Waals surface area (Å²) in [6, 6.07) is 8.11. The van der Waals surface area contributed by atoms with Crippen molar-refractivity contribution in [1.82, 2.24) is 0 Å². The van der Waals surface area contributed by atoms with E-state index < -0.39 is 10.5 Å². The van der Waals surface area contributed by atoms with Crippen molar-refractivity contribution < 1.29 is 9.59 Å². The van der Waals surface area contributed by atoms with Gasteiger partial charge in [-0.3, -0.25) is 9.59 Å². The lowest BCUT2D eigenvalue weighted by molar-refractivity contribution is 0.107. The summed E-state index contributed by atoms with van der Waals surface area (Å²) >= 11 is 11.0. The first-order chi connectivity index (χ1) is 8.56. The molecule has 0 aliphatic rings. The Morgan fingerprint density at radius 1 is 1.00 bits per heavy atom. The van der Waals surface area contributed by atoms with Crippen molar-refractivity contribution in [3.8, 4) is 12.3 Å². The molecule has 0 aromatic heterocycles. The molecule has 0 radical (unpaired) electrons. The van der Waals surface area contributed by atoms with Gasteiger partial charge < -0.3 is 0 Å².